The topological polar surface area (TPSA) is 47.9 Å². The van der Waals surface area contributed by atoms with Gasteiger partial charge in [-0.1, -0.05) is 97.2 Å². The summed E-state index contributed by atoms with van der Waals surface area (Å²) >= 11 is 0. The highest BCUT2D eigenvalue weighted by molar-refractivity contribution is 5.86. The Morgan fingerprint density at radius 3 is 2.60 bits per heavy atom. The maximum atomic E-state index is 6.26. The van der Waals surface area contributed by atoms with Crippen molar-refractivity contribution in [3.63, 3.8) is 0 Å². The molecule has 2 heterocycles. The third kappa shape index (κ3) is 4.08. The molecule has 1 aromatic heterocycles. The fraction of sp³-hybridized carbons (Fsp3) is 0.205. The van der Waals surface area contributed by atoms with Crippen LogP contribution in [0, 0.1) is 5.92 Å². The number of aryl methyl sites for hydroxylation is 1. The zero-order valence-corrected chi connectivity index (χ0v) is 23.9. The molecule has 6 aliphatic rings. The molecule has 4 nitrogen and oxygen atoms in total. The van der Waals surface area contributed by atoms with Gasteiger partial charge < -0.3 is 4.74 Å². The van der Waals surface area contributed by atoms with Gasteiger partial charge in [-0.05, 0) is 71.7 Å². The minimum Gasteiger partial charge on any atom is -0.461 e. The molecule has 0 spiro atoms. The summed E-state index contributed by atoms with van der Waals surface area (Å²) in [6, 6.07) is 15.1. The van der Waals surface area contributed by atoms with Crippen molar-refractivity contribution in [1.82, 2.24) is 15.0 Å². The van der Waals surface area contributed by atoms with E-state index < -0.39 is 0 Å². The molecule has 2 aromatic carbocycles. The summed E-state index contributed by atoms with van der Waals surface area (Å²) in [7, 11) is 0. The van der Waals surface area contributed by atoms with Gasteiger partial charge in [0.2, 0.25) is 0 Å². The van der Waals surface area contributed by atoms with Gasteiger partial charge in [0.05, 0.1) is 11.8 Å². The summed E-state index contributed by atoms with van der Waals surface area (Å²) in [4.78, 5) is 15.5. The van der Waals surface area contributed by atoms with Crippen LogP contribution in [0.3, 0.4) is 0 Å². The fourth-order valence-electron chi connectivity index (χ4n) is 7.54. The molecule has 4 heteroatoms. The van der Waals surface area contributed by atoms with Crippen molar-refractivity contribution < 1.29 is 4.74 Å². The second-order valence-electron chi connectivity index (χ2n) is 12.1. The average molecular weight is 558 g/mol. The number of ether oxygens (including phenoxy) is 1. The van der Waals surface area contributed by atoms with E-state index in [4.69, 9.17) is 19.7 Å². The summed E-state index contributed by atoms with van der Waals surface area (Å²) in [6.45, 7) is 0. The maximum absolute atomic E-state index is 6.26. The van der Waals surface area contributed by atoms with Gasteiger partial charge in [-0.3, -0.25) is 0 Å². The third-order valence-corrected chi connectivity index (χ3v) is 9.67. The maximum Gasteiger partial charge on any atom is 0.163 e. The molecular formula is C39H31N3O. The lowest BCUT2D eigenvalue weighted by atomic mass is 9.73. The molecular weight excluding hydrogens is 526 g/mol. The van der Waals surface area contributed by atoms with Crippen LogP contribution in [0.2, 0.25) is 0 Å². The first-order valence-electron chi connectivity index (χ1n) is 15.5. The lowest BCUT2D eigenvalue weighted by Crippen LogP contribution is -2.18. The zero-order valence-electron chi connectivity index (χ0n) is 23.9. The molecule has 208 valence electrons. The Morgan fingerprint density at radius 2 is 1.65 bits per heavy atom. The van der Waals surface area contributed by atoms with E-state index in [1.807, 2.05) is 12.1 Å². The van der Waals surface area contributed by atoms with Crippen molar-refractivity contribution in [2.45, 2.75) is 43.4 Å². The number of hydrogen-bond donors (Lipinski definition) is 0. The SMILES string of the molecule is C1=CCC2C=CC3=C(CCc4cc(-c5nc(C6C=CC=CC6)nc(C6C=CC=C7Oc8ccccc8C76)n5)ccc43)C2=C1. The van der Waals surface area contributed by atoms with Crippen molar-refractivity contribution in [2.75, 3.05) is 0 Å². The number of hydrogen-bond acceptors (Lipinski definition) is 4. The Kier molecular flexibility index (Phi) is 5.68. The number of aromatic nitrogens is 3. The molecule has 0 radical (unpaired) electrons. The Balaban J connectivity index is 1.14. The monoisotopic (exact) mass is 557 g/mol. The highest BCUT2D eigenvalue weighted by Gasteiger charge is 2.39. The third-order valence-electron chi connectivity index (χ3n) is 9.67. The normalized spacial score (nSPS) is 25.7. The second kappa shape index (κ2) is 9.88. The molecule has 0 fully saturated rings. The van der Waals surface area contributed by atoms with E-state index in [9.17, 15) is 0 Å². The van der Waals surface area contributed by atoms with Crippen LogP contribution in [0.1, 0.15) is 65.4 Å². The minimum atomic E-state index is -0.0317. The van der Waals surface area contributed by atoms with Gasteiger partial charge in [0.15, 0.2) is 5.82 Å². The second-order valence-corrected chi connectivity index (χ2v) is 12.1. The quantitative estimate of drug-likeness (QED) is 0.323. The van der Waals surface area contributed by atoms with Crippen LogP contribution in [0.4, 0.5) is 0 Å². The molecule has 43 heavy (non-hydrogen) atoms. The van der Waals surface area contributed by atoms with E-state index in [0.717, 1.165) is 60.2 Å². The first kappa shape index (κ1) is 24.7. The Hall–Kier alpha value is -4.83. The highest BCUT2D eigenvalue weighted by Crippen LogP contribution is 2.50. The van der Waals surface area contributed by atoms with E-state index in [1.54, 1.807) is 0 Å². The predicted molar refractivity (Wildman–Crippen MR) is 170 cm³/mol. The lowest BCUT2D eigenvalue weighted by Gasteiger charge is -2.31. The van der Waals surface area contributed by atoms with Crippen LogP contribution >= 0.6 is 0 Å². The summed E-state index contributed by atoms with van der Waals surface area (Å²) in [6.07, 6.45) is 30.6. The van der Waals surface area contributed by atoms with Crippen molar-refractivity contribution in [3.8, 4) is 17.1 Å². The first-order chi connectivity index (χ1) is 21.3. The smallest absolute Gasteiger partial charge is 0.163 e. The molecule has 0 bridgehead atoms. The van der Waals surface area contributed by atoms with Gasteiger partial charge in [0.25, 0.3) is 0 Å². The van der Waals surface area contributed by atoms with Gasteiger partial charge in [-0.2, -0.15) is 0 Å². The largest absolute Gasteiger partial charge is 0.461 e. The van der Waals surface area contributed by atoms with Crippen LogP contribution in [-0.4, -0.2) is 15.0 Å². The molecule has 4 unspecified atom stereocenters. The van der Waals surface area contributed by atoms with Gasteiger partial charge >= 0.3 is 0 Å². The van der Waals surface area contributed by atoms with Gasteiger partial charge in [-0.15, -0.1) is 0 Å². The standard InChI is InChI=1S/C39H31N3O/c1-2-10-25(11-3-1)37-40-38(42-39(41-37)33-14-8-16-35-36(33)32-13-6-7-15-34(32)43-35)27-19-20-29-26(23-27)18-22-30-28-12-5-4-9-24(28)17-21-31(29)30/h1-8,10,12-17,19-21,23-25,33,36H,9,11,18,22H2. The number of allylic oxidation sites excluding steroid dienone is 16. The van der Waals surface area contributed by atoms with Crippen molar-refractivity contribution in [3.05, 3.63) is 161 Å². The molecule has 0 N–H and O–H groups in total. The molecule has 0 saturated heterocycles. The minimum absolute atomic E-state index is 0.0317. The Labute approximate surface area is 252 Å². The van der Waals surface area contributed by atoms with E-state index in [-0.39, 0.29) is 17.8 Å². The van der Waals surface area contributed by atoms with Crippen LogP contribution < -0.4 is 4.74 Å². The molecule has 0 amide bonds. The van der Waals surface area contributed by atoms with Crippen molar-refractivity contribution in [1.29, 1.82) is 0 Å². The van der Waals surface area contributed by atoms with E-state index in [2.05, 4.69) is 103 Å². The van der Waals surface area contributed by atoms with E-state index in [0.29, 0.717) is 5.92 Å². The van der Waals surface area contributed by atoms with Gasteiger partial charge in [0, 0.05) is 23.0 Å². The molecule has 0 saturated carbocycles. The fourth-order valence-corrected chi connectivity index (χ4v) is 7.54. The zero-order chi connectivity index (χ0) is 28.3. The molecule has 5 aliphatic carbocycles. The van der Waals surface area contributed by atoms with E-state index in [1.165, 1.54) is 33.4 Å². The number of nitrogens with zero attached hydrogens (tertiary/aromatic N) is 3. The predicted octanol–water partition coefficient (Wildman–Crippen LogP) is 8.62. The number of fused-ring (bicyclic) bond motifs is 7. The summed E-state index contributed by atoms with van der Waals surface area (Å²) < 4.78 is 6.26. The Bertz CT molecular complexity index is 1930. The molecule has 3 aromatic rings. The summed E-state index contributed by atoms with van der Waals surface area (Å²) in [5.74, 6) is 4.95. The molecule has 4 atom stereocenters. The summed E-state index contributed by atoms with van der Waals surface area (Å²) in [5.41, 5.74) is 9.36. The van der Waals surface area contributed by atoms with Crippen LogP contribution in [0.15, 0.2) is 132 Å². The van der Waals surface area contributed by atoms with E-state index >= 15 is 0 Å². The Morgan fingerprint density at radius 1 is 0.744 bits per heavy atom. The molecule has 1 aliphatic heterocycles. The van der Waals surface area contributed by atoms with Crippen LogP contribution in [-0.2, 0) is 6.42 Å². The lowest BCUT2D eigenvalue weighted by molar-refractivity contribution is 0.413. The summed E-state index contributed by atoms with van der Waals surface area (Å²) in [5, 5.41) is 0. The number of para-hydroxylation sites is 1. The van der Waals surface area contributed by atoms with Crippen LogP contribution in [0.25, 0.3) is 17.0 Å². The van der Waals surface area contributed by atoms with Gasteiger partial charge in [-0.25, -0.2) is 15.0 Å². The number of benzene rings is 2. The van der Waals surface area contributed by atoms with Crippen molar-refractivity contribution >= 4 is 5.57 Å². The number of rotatable bonds is 3. The first-order valence-corrected chi connectivity index (χ1v) is 15.5. The highest BCUT2D eigenvalue weighted by atomic mass is 16.5. The van der Waals surface area contributed by atoms with Gasteiger partial charge in [0.1, 0.15) is 23.2 Å². The van der Waals surface area contributed by atoms with Crippen molar-refractivity contribution in [2.24, 2.45) is 5.92 Å². The molecule has 9 rings (SSSR count). The average Bonchev–Trinajstić information content (AvgIpc) is 3.47. The van der Waals surface area contributed by atoms with Crippen LogP contribution in [0.5, 0.6) is 5.75 Å².